The molecule has 1 aromatic rings. The van der Waals surface area contributed by atoms with Crippen molar-refractivity contribution < 1.29 is 0 Å². The lowest BCUT2D eigenvalue weighted by Gasteiger charge is -2.32. The Bertz CT molecular complexity index is 364. The zero-order valence-electron chi connectivity index (χ0n) is 10.7. The molecule has 0 saturated heterocycles. The molecule has 1 saturated carbocycles. The van der Waals surface area contributed by atoms with Crippen molar-refractivity contribution in [1.29, 1.82) is 0 Å². The zero-order chi connectivity index (χ0) is 12.3. The van der Waals surface area contributed by atoms with E-state index in [1.54, 1.807) is 0 Å². The monoisotopic (exact) mass is 251 g/mol. The minimum absolute atomic E-state index is 0.342. The van der Waals surface area contributed by atoms with E-state index in [1.807, 2.05) is 12.1 Å². The van der Waals surface area contributed by atoms with Gasteiger partial charge in [-0.15, -0.1) is 0 Å². The summed E-state index contributed by atoms with van der Waals surface area (Å²) >= 11 is 6.23. The van der Waals surface area contributed by atoms with E-state index in [1.165, 1.54) is 31.2 Å². The van der Waals surface area contributed by atoms with Crippen molar-refractivity contribution in [1.82, 2.24) is 5.32 Å². The molecule has 3 atom stereocenters. The van der Waals surface area contributed by atoms with Crippen LogP contribution in [0.2, 0.25) is 5.02 Å². The standard InChI is InChI=1S/C15H22ClN/c1-11-7-3-6-10-15(11)17-12(2)13-8-4-5-9-14(13)16/h4-5,8-9,11-12,15,17H,3,6-7,10H2,1-2H3. The van der Waals surface area contributed by atoms with E-state index in [4.69, 9.17) is 11.6 Å². The third-order valence-corrected chi connectivity index (χ3v) is 4.29. The zero-order valence-corrected chi connectivity index (χ0v) is 11.5. The largest absolute Gasteiger partial charge is 0.307 e. The van der Waals surface area contributed by atoms with Crippen LogP contribution in [0.5, 0.6) is 0 Å². The second-order valence-corrected chi connectivity index (χ2v) is 5.69. The minimum Gasteiger partial charge on any atom is -0.307 e. The van der Waals surface area contributed by atoms with Crippen LogP contribution in [0.3, 0.4) is 0 Å². The van der Waals surface area contributed by atoms with Gasteiger partial charge in [0.2, 0.25) is 0 Å². The molecule has 1 aromatic carbocycles. The Morgan fingerprint density at radius 1 is 1.24 bits per heavy atom. The first-order valence-electron chi connectivity index (χ1n) is 6.69. The second-order valence-electron chi connectivity index (χ2n) is 5.28. The molecule has 17 heavy (non-hydrogen) atoms. The van der Waals surface area contributed by atoms with Crippen LogP contribution in [0.4, 0.5) is 0 Å². The van der Waals surface area contributed by atoms with Crippen LogP contribution in [0.25, 0.3) is 0 Å². The Morgan fingerprint density at radius 2 is 1.94 bits per heavy atom. The highest BCUT2D eigenvalue weighted by Crippen LogP contribution is 2.28. The Morgan fingerprint density at radius 3 is 2.65 bits per heavy atom. The molecule has 1 nitrogen and oxygen atoms in total. The van der Waals surface area contributed by atoms with E-state index in [0.29, 0.717) is 12.1 Å². The highest BCUT2D eigenvalue weighted by Gasteiger charge is 2.23. The maximum atomic E-state index is 6.23. The molecule has 1 fully saturated rings. The molecule has 0 amide bonds. The molecule has 0 bridgehead atoms. The summed E-state index contributed by atoms with van der Waals surface area (Å²) in [6.07, 6.45) is 5.40. The maximum Gasteiger partial charge on any atom is 0.0453 e. The summed E-state index contributed by atoms with van der Waals surface area (Å²) in [4.78, 5) is 0. The third-order valence-electron chi connectivity index (χ3n) is 3.95. The average molecular weight is 252 g/mol. The van der Waals surface area contributed by atoms with Crippen molar-refractivity contribution in [3.8, 4) is 0 Å². The smallest absolute Gasteiger partial charge is 0.0453 e. The van der Waals surface area contributed by atoms with Gasteiger partial charge in [-0.05, 0) is 37.3 Å². The normalized spacial score (nSPS) is 26.8. The van der Waals surface area contributed by atoms with E-state index in [2.05, 4.69) is 31.3 Å². The Hall–Kier alpha value is -0.530. The van der Waals surface area contributed by atoms with Crippen LogP contribution < -0.4 is 5.32 Å². The quantitative estimate of drug-likeness (QED) is 0.830. The van der Waals surface area contributed by atoms with Crippen LogP contribution in [0, 0.1) is 5.92 Å². The third kappa shape index (κ3) is 3.23. The number of nitrogens with one attached hydrogen (secondary N) is 1. The molecule has 1 aliphatic carbocycles. The van der Waals surface area contributed by atoms with Gasteiger partial charge >= 0.3 is 0 Å². The van der Waals surface area contributed by atoms with Gasteiger partial charge in [-0.1, -0.05) is 49.6 Å². The number of hydrogen-bond acceptors (Lipinski definition) is 1. The van der Waals surface area contributed by atoms with Gasteiger partial charge < -0.3 is 5.32 Å². The van der Waals surface area contributed by atoms with Gasteiger partial charge in [0.05, 0.1) is 0 Å². The van der Waals surface area contributed by atoms with Crippen molar-refractivity contribution in [3.05, 3.63) is 34.9 Å². The summed E-state index contributed by atoms with van der Waals surface area (Å²) in [5.74, 6) is 0.786. The molecule has 1 N–H and O–H groups in total. The van der Waals surface area contributed by atoms with Gasteiger partial charge in [0.25, 0.3) is 0 Å². The summed E-state index contributed by atoms with van der Waals surface area (Å²) in [5, 5.41) is 4.61. The topological polar surface area (TPSA) is 12.0 Å². The van der Waals surface area contributed by atoms with Crippen molar-refractivity contribution in [2.75, 3.05) is 0 Å². The van der Waals surface area contributed by atoms with Gasteiger partial charge in [0.1, 0.15) is 0 Å². The van der Waals surface area contributed by atoms with Gasteiger partial charge in [0.15, 0.2) is 0 Å². The predicted molar refractivity (Wildman–Crippen MR) is 74.4 cm³/mol. The van der Waals surface area contributed by atoms with Crippen molar-refractivity contribution in [2.45, 2.75) is 51.6 Å². The predicted octanol–water partition coefficient (Wildman–Crippen LogP) is 4.57. The second kappa shape index (κ2) is 5.88. The van der Waals surface area contributed by atoms with E-state index >= 15 is 0 Å². The van der Waals surface area contributed by atoms with Gasteiger partial charge in [-0.25, -0.2) is 0 Å². The van der Waals surface area contributed by atoms with Crippen LogP contribution in [0.15, 0.2) is 24.3 Å². The number of halogens is 1. The average Bonchev–Trinajstić information content (AvgIpc) is 2.32. The van der Waals surface area contributed by atoms with Crippen molar-refractivity contribution in [2.24, 2.45) is 5.92 Å². The lowest BCUT2D eigenvalue weighted by atomic mass is 9.85. The van der Waals surface area contributed by atoms with E-state index in [9.17, 15) is 0 Å². The summed E-state index contributed by atoms with van der Waals surface area (Å²) in [6.45, 7) is 4.57. The van der Waals surface area contributed by atoms with Crippen molar-refractivity contribution in [3.63, 3.8) is 0 Å². The van der Waals surface area contributed by atoms with E-state index in [0.717, 1.165) is 10.9 Å². The molecule has 3 unspecified atom stereocenters. The number of benzene rings is 1. The van der Waals surface area contributed by atoms with Crippen LogP contribution in [0.1, 0.15) is 51.1 Å². The fourth-order valence-electron chi connectivity index (χ4n) is 2.80. The number of rotatable bonds is 3. The lowest BCUT2D eigenvalue weighted by Crippen LogP contribution is -2.38. The Kier molecular flexibility index (Phi) is 4.47. The van der Waals surface area contributed by atoms with Gasteiger partial charge in [-0.2, -0.15) is 0 Å². The SMILES string of the molecule is CC(NC1CCCCC1C)c1ccccc1Cl. The van der Waals surface area contributed by atoms with Crippen molar-refractivity contribution >= 4 is 11.6 Å². The van der Waals surface area contributed by atoms with Gasteiger partial charge in [-0.3, -0.25) is 0 Å². The molecule has 0 heterocycles. The molecular formula is C15H22ClN. The summed E-state index contributed by atoms with van der Waals surface area (Å²) in [7, 11) is 0. The van der Waals surface area contributed by atoms with Gasteiger partial charge in [0, 0.05) is 17.1 Å². The van der Waals surface area contributed by atoms with E-state index < -0.39 is 0 Å². The molecule has 94 valence electrons. The van der Waals surface area contributed by atoms with Crippen LogP contribution in [-0.4, -0.2) is 6.04 Å². The molecule has 2 rings (SSSR count). The first kappa shape index (κ1) is 12.9. The highest BCUT2D eigenvalue weighted by molar-refractivity contribution is 6.31. The fraction of sp³-hybridized carbons (Fsp3) is 0.600. The Labute approximate surface area is 110 Å². The molecule has 0 aliphatic heterocycles. The fourth-order valence-corrected chi connectivity index (χ4v) is 3.10. The van der Waals surface area contributed by atoms with Crippen LogP contribution in [-0.2, 0) is 0 Å². The first-order chi connectivity index (χ1) is 8.18. The van der Waals surface area contributed by atoms with Crippen LogP contribution >= 0.6 is 11.6 Å². The first-order valence-corrected chi connectivity index (χ1v) is 7.06. The molecule has 2 heteroatoms. The summed E-state index contributed by atoms with van der Waals surface area (Å²) in [6, 6.07) is 9.13. The summed E-state index contributed by atoms with van der Waals surface area (Å²) < 4.78 is 0. The lowest BCUT2D eigenvalue weighted by molar-refractivity contribution is 0.263. The summed E-state index contributed by atoms with van der Waals surface area (Å²) in [5.41, 5.74) is 1.21. The molecule has 1 aliphatic rings. The maximum absolute atomic E-state index is 6.23. The molecule has 0 aromatic heterocycles. The van der Waals surface area contributed by atoms with E-state index in [-0.39, 0.29) is 0 Å². The molecule has 0 radical (unpaired) electrons. The minimum atomic E-state index is 0.342. The molecule has 0 spiro atoms. The Balaban J connectivity index is 2.01. The highest BCUT2D eigenvalue weighted by atomic mass is 35.5. The number of hydrogen-bond donors (Lipinski definition) is 1. The molecular weight excluding hydrogens is 230 g/mol.